The van der Waals surface area contributed by atoms with E-state index in [1.165, 1.54) is 16.7 Å². The Morgan fingerprint density at radius 2 is 2.29 bits per heavy atom. The summed E-state index contributed by atoms with van der Waals surface area (Å²) in [6.07, 6.45) is 2.95. The first-order valence-electron chi connectivity index (χ1n) is 8.96. The van der Waals surface area contributed by atoms with E-state index in [1.807, 2.05) is 4.90 Å². The Kier molecular flexibility index (Phi) is 5.41. The summed E-state index contributed by atoms with van der Waals surface area (Å²) < 4.78 is 5.60. The Balaban J connectivity index is 1.63. The van der Waals surface area contributed by atoms with Crippen molar-refractivity contribution in [1.29, 1.82) is 0 Å². The second-order valence-corrected chi connectivity index (χ2v) is 7.12. The number of likely N-dealkylation sites (tertiary alicyclic amines) is 1. The van der Waals surface area contributed by atoms with Crippen LogP contribution in [0.4, 0.5) is 4.79 Å². The number of hydrogen-bond acceptors (Lipinski definition) is 3. The van der Waals surface area contributed by atoms with Crippen LogP contribution in [0.3, 0.4) is 0 Å². The van der Waals surface area contributed by atoms with Gasteiger partial charge < -0.3 is 20.1 Å². The van der Waals surface area contributed by atoms with Crippen molar-refractivity contribution in [3.63, 3.8) is 0 Å². The predicted octanol–water partition coefficient (Wildman–Crippen LogP) is 2.41. The van der Waals surface area contributed by atoms with Gasteiger partial charge in [-0.25, -0.2) is 4.79 Å². The largest absolute Gasteiger partial charge is 0.394 e. The van der Waals surface area contributed by atoms with Gasteiger partial charge in [-0.05, 0) is 43.2 Å². The van der Waals surface area contributed by atoms with E-state index < -0.39 is 0 Å². The highest BCUT2D eigenvalue weighted by molar-refractivity contribution is 5.75. The van der Waals surface area contributed by atoms with Crippen LogP contribution >= 0.6 is 0 Å². The molecule has 0 unspecified atom stereocenters. The summed E-state index contributed by atoms with van der Waals surface area (Å²) in [5, 5.41) is 12.1. The molecule has 1 fully saturated rings. The molecule has 2 aliphatic rings. The smallest absolute Gasteiger partial charge is 0.317 e. The number of carbonyl (C=O) groups is 1. The van der Waals surface area contributed by atoms with E-state index in [2.05, 4.69) is 37.4 Å². The van der Waals surface area contributed by atoms with Crippen molar-refractivity contribution < 1.29 is 14.6 Å². The lowest BCUT2D eigenvalue weighted by Gasteiger charge is -2.34. The van der Waals surface area contributed by atoms with Gasteiger partial charge in [-0.1, -0.05) is 30.7 Å². The molecule has 5 nitrogen and oxygen atoms in total. The van der Waals surface area contributed by atoms with E-state index in [0.717, 1.165) is 25.8 Å². The second-order valence-electron chi connectivity index (χ2n) is 7.12. The monoisotopic (exact) mass is 332 g/mol. The van der Waals surface area contributed by atoms with Gasteiger partial charge in [0.15, 0.2) is 0 Å². The van der Waals surface area contributed by atoms with Crippen LogP contribution in [0.25, 0.3) is 0 Å². The van der Waals surface area contributed by atoms with E-state index in [1.54, 1.807) is 0 Å². The summed E-state index contributed by atoms with van der Waals surface area (Å²) in [5.41, 5.74) is 3.85. The lowest BCUT2D eigenvalue weighted by Crippen LogP contribution is -2.49. The van der Waals surface area contributed by atoms with Crippen molar-refractivity contribution in [3.8, 4) is 0 Å². The molecule has 0 radical (unpaired) electrons. The van der Waals surface area contributed by atoms with Gasteiger partial charge in [0, 0.05) is 13.1 Å². The van der Waals surface area contributed by atoms with Crippen molar-refractivity contribution in [2.45, 2.75) is 45.3 Å². The fourth-order valence-corrected chi connectivity index (χ4v) is 3.88. The van der Waals surface area contributed by atoms with Crippen LogP contribution in [0.1, 0.15) is 42.5 Å². The molecule has 1 heterocycles. The summed E-state index contributed by atoms with van der Waals surface area (Å²) in [6, 6.07) is 6.62. The molecule has 24 heavy (non-hydrogen) atoms. The summed E-state index contributed by atoms with van der Waals surface area (Å²) in [7, 11) is 0. The van der Waals surface area contributed by atoms with Gasteiger partial charge in [-0.3, -0.25) is 0 Å². The topological polar surface area (TPSA) is 61.8 Å². The number of carbonyl (C=O) groups excluding carboxylic acids is 1. The lowest BCUT2D eigenvalue weighted by atomic mass is 10.0. The molecule has 1 aliphatic carbocycles. The van der Waals surface area contributed by atoms with Crippen LogP contribution < -0.4 is 5.32 Å². The fourth-order valence-electron chi connectivity index (χ4n) is 3.88. The molecular weight excluding hydrogens is 304 g/mol. The number of amides is 2. The molecule has 0 bridgehead atoms. The van der Waals surface area contributed by atoms with Crippen LogP contribution in [0.15, 0.2) is 18.2 Å². The lowest BCUT2D eigenvalue weighted by molar-refractivity contribution is -0.00610. The van der Waals surface area contributed by atoms with Crippen LogP contribution in [0, 0.1) is 12.8 Å². The van der Waals surface area contributed by atoms with Crippen molar-refractivity contribution in [1.82, 2.24) is 10.2 Å². The number of nitrogens with zero attached hydrogens (tertiary/aromatic N) is 1. The molecule has 132 valence electrons. The standard InChI is InChI=1S/C19H28N2O3/c1-13-5-6-15-11-14(2)18(17(15)10-13)20-19(23)21-7-3-4-16(12-21)24-9-8-22/h5-6,10,14,16,18,22H,3-4,7-9,11-12H2,1-2H3,(H,20,23)/t14-,16-,18-/m1/s1. The molecule has 3 rings (SSSR count). The first-order chi connectivity index (χ1) is 11.6. The summed E-state index contributed by atoms with van der Waals surface area (Å²) >= 11 is 0. The van der Waals surface area contributed by atoms with Gasteiger partial charge in [-0.2, -0.15) is 0 Å². The number of ether oxygens (including phenoxy) is 1. The summed E-state index contributed by atoms with van der Waals surface area (Å²) in [5.74, 6) is 0.414. The average molecular weight is 332 g/mol. The molecule has 0 spiro atoms. The first-order valence-corrected chi connectivity index (χ1v) is 8.96. The van der Waals surface area contributed by atoms with Gasteiger partial charge >= 0.3 is 6.03 Å². The maximum Gasteiger partial charge on any atom is 0.317 e. The maximum absolute atomic E-state index is 12.7. The van der Waals surface area contributed by atoms with E-state index in [4.69, 9.17) is 9.84 Å². The van der Waals surface area contributed by atoms with Crippen molar-refractivity contribution in [2.75, 3.05) is 26.3 Å². The minimum atomic E-state index is -0.00138. The molecule has 2 amide bonds. The Morgan fingerprint density at radius 3 is 3.08 bits per heavy atom. The average Bonchev–Trinajstić information content (AvgIpc) is 2.88. The number of nitrogens with one attached hydrogen (secondary N) is 1. The zero-order valence-corrected chi connectivity index (χ0v) is 14.6. The molecule has 5 heteroatoms. The normalized spacial score (nSPS) is 26.3. The quantitative estimate of drug-likeness (QED) is 0.890. The van der Waals surface area contributed by atoms with Crippen molar-refractivity contribution >= 4 is 6.03 Å². The zero-order valence-electron chi connectivity index (χ0n) is 14.6. The third-order valence-electron chi connectivity index (χ3n) is 5.14. The Hall–Kier alpha value is -1.59. The third kappa shape index (κ3) is 3.73. The molecule has 1 saturated heterocycles. The van der Waals surface area contributed by atoms with Crippen LogP contribution in [-0.4, -0.2) is 48.4 Å². The molecule has 1 aliphatic heterocycles. The highest BCUT2D eigenvalue weighted by Crippen LogP contribution is 2.36. The Morgan fingerprint density at radius 1 is 1.46 bits per heavy atom. The second kappa shape index (κ2) is 7.53. The van der Waals surface area contributed by atoms with Gasteiger partial charge in [0.05, 0.1) is 25.4 Å². The third-order valence-corrected chi connectivity index (χ3v) is 5.14. The van der Waals surface area contributed by atoms with Crippen molar-refractivity contribution in [2.24, 2.45) is 5.92 Å². The number of benzene rings is 1. The number of hydrogen-bond donors (Lipinski definition) is 2. The molecular formula is C19H28N2O3. The van der Waals surface area contributed by atoms with Gasteiger partial charge in [-0.15, -0.1) is 0 Å². The molecule has 3 atom stereocenters. The highest BCUT2D eigenvalue weighted by Gasteiger charge is 2.33. The van der Waals surface area contributed by atoms with Gasteiger partial charge in [0.25, 0.3) is 0 Å². The molecule has 2 N–H and O–H groups in total. The maximum atomic E-state index is 12.7. The number of aryl methyl sites for hydroxylation is 1. The SMILES string of the molecule is Cc1ccc2c(c1)[C@H](NC(=O)N1CCC[C@@H](OCCO)C1)[C@H](C)C2. The van der Waals surface area contributed by atoms with E-state index in [-0.39, 0.29) is 24.8 Å². The molecule has 0 saturated carbocycles. The minimum Gasteiger partial charge on any atom is -0.394 e. The first kappa shape index (κ1) is 17.2. The zero-order chi connectivity index (χ0) is 17.1. The van der Waals surface area contributed by atoms with Gasteiger partial charge in [0.1, 0.15) is 0 Å². The van der Waals surface area contributed by atoms with E-state index >= 15 is 0 Å². The number of piperidine rings is 1. The number of fused-ring (bicyclic) bond motifs is 1. The van der Waals surface area contributed by atoms with Gasteiger partial charge in [0.2, 0.25) is 0 Å². The number of urea groups is 1. The Labute approximate surface area is 144 Å². The highest BCUT2D eigenvalue weighted by atomic mass is 16.5. The van der Waals surface area contributed by atoms with Crippen LogP contribution in [0.2, 0.25) is 0 Å². The van der Waals surface area contributed by atoms with Crippen LogP contribution in [0.5, 0.6) is 0 Å². The summed E-state index contributed by atoms with van der Waals surface area (Å²) in [4.78, 5) is 14.6. The Bertz CT molecular complexity index is 590. The van der Waals surface area contributed by atoms with E-state index in [9.17, 15) is 4.79 Å². The fraction of sp³-hybridized carbons (Fsp3) is 0.632. The van der Waals surface area contributed by atoms with Crippen LogP contribution in [-0.2, 0) is 11.2 Å². The predicted molar refractivity (Wildman–Crippen MR) is 93.0 cm³/mol. The molecule has 1 aromatic carbocycles. The molecule has 1 aromatic rings. The number of aliphatic hydroxyl groups excluding tert-OH is 1. The number of rotatable bonds is 4. The number of aliphatic hydroxyl groups is 1. The van der Waals surface area contributed by atoms with E-state index in [0.29, 0.717) is 19.1 Å². The molecule has 0 aromatic heterocycles. The van der Waals surface area contributed by atoms with Crippen molar-refractivity contribution in [3.05, 3.63) is 34.9 Å². The summed E-state index contributed by atoms with van der Waals surface area (Å²) in [6.45, 7) is 6.03. The minimum absolute atomic E-state index is 0.00138.